The molecule has 0 saturated heterocycles. The highest BCUT2D eigenvalue weighted by molar-refractivity contribution is 5.66. The Labute approximate surface area is 84.4 Å². The lowest BCUT2D eigenvalue weighted by Gasteiger charge is -1.80. The summed E-state index contributed by atoms with van der Waals surface area (Å²) in [5, 5.41) is 23.4. The second-order valence-corrected chi connectivity index (χ2v) is 2.76. The Hall–Kier alpha value is -1.10. The van der Waals surface area contributed by atoms with Crippen molar-refractivity contribution in [3.8, 4) is 0 Å². The molecule has 0 aromatic carbocycles. The number of aliphatic hydroxyl groups is 1. The van der Waals surface area contributed by atoms with E-state index in [1.807, 2.05) is 6.92 Å². The third-order valence-corrected chi connectivity index (χ3v) is 0.464. The Morgan fingerprint density at radius 2 is 1.43 bits per heavy atom. The van der Waals surface area contributed by atoms with Crippen molar-refractivity contribution in [3.05, 3.63) is 0 Å². The molecule has 0 amide bonds. The Kier molecular flexibility index (Phi) is 19.2. The fraction of sp³-hybridized carbons (Fsp3) is 0.778. The normalized spacial score (nSPS) is 7.86. The van der Waals surface area contributed by atoms with Crippen molar-refractivity contribution in [2.24, 2.45) is 0 Å². The third-order valence-electron chi connectivity index (χ3n) is 0.464. The van der Waals surface area contributed by atoms with Crippen molar-refractivity contribution >= 4 is 11.9 Å². The van der Waals surface area contributed by atoms with Gasteiger partial charge in [0.15, 0.2) is 0 Å². The predicted molar refractivity (Wildman–Crippen MR) is 53.2 cm³/mol. The van der Waals surface area contributed by atoms with Crippen molar-refractivity contribution in [2.75, 3.05) is 0 Å². The van der Waals surface area contributed by atoms with Crippen molar-refractivity contribution < 1.29 is 24.9 Å². The Bertz CT molecular complexity index is 135. The average Bonchev–Trinajstić information content (AvgIpc) is 1.82. The summed E-state index contributed by atoms with van der Waals surface area (Å²) < 4.78 is 0. The second-order valence-electron chi connectivity index (χ2n) is 2.76. The monoisotopic (exact) mass is 208 g/mol. The van der Waals surface area contributed by atoms with E-state index in [-0.39, 0.29) is 6.10 Å². The van der Waals surface area contributed by atoms with Crippen LogP contribution in [0.1, 0.15) is 40.5 Å². The van der Waals surface area contributed by atoms with Gasteiger partial charge in [0.1, 0.15) is 0 Å². The first-order valence-electron chi connectivity index (χ1n) is 4.33. The van der Waals surface area contributed by atoms with Gasteiger partial charge in [-0.05, 0) is 20.3 Å². The number of carboxylic acid groups (broad SMARTS) is 2. The molecule has 0 unspecified atom stereocenters. The summed E-state index contributed by atoms with van der Waals surface area (Å²) in [5.74, 6) is -1.54. The first kappa shape index (κ1) is 18.6. The van der Waals surface area contributed by atoms with E-state index in [0.717, 1.165) is 13.3 Å². The second kappa shape index (κ2) is 14.4. The minimum atomic E-state index is -0.833. The number of hydrogen-bond donors (Lipinski definition) is 3. The molecule has 14 heavy (non-hydrogen) atoms. The Morgan fingerprint density at radius 3 is 1.43 bits per heavy atom. The molecule has 0 fully saturated rings. The Balaban J connectivity index is -0.000000135. The van der Waals surface area contributed by atoms with Crippen LogP contribution in [0, 0.1) is 0 Å². The van der Waals surface area contributed by atoms with Crippen LogP contribution in [0.2, 0.25) is 0 Å². The first-order valence-corrected chi connectivity index (χ1v) is 4.33. The lowest BCUT2D eigenvalue weighted by Crippen LogP contribution is -1.90. The van der Waals surface area contributed by atoms with Gasteiger partial charge in [-0.15, -0.1) is 0 Å². The van der Waals surface area contributed by atoms with Crippen molar-refractivity contribution in [3.63, 3.8) is 0 Å². The number of carboxylic acids is 2. The predicted octanol–water partition coefficient (Wildman–Crippen LogP) is 1.35. The molecular weight excluding hydrogens is 188 g/mol. The number of aliphatic hydroxyl groups excluding tert-OH is 1. The molecule has 0 aliphatic rings. The molecule has 0 aliphatic carbocycles. The molecule has 0 aliphatic heterocycles. The van der Waals surface area contributed by atoms with E-state index in [4.69, 9.17) is 20.1 Å². The first-order chi connectivity index (χ1) is 6.23. The number of hydrogen-bond acceptors (Lipinski definition) is 3. The zero-order valence-corrected chi connectivity index (χ0v) is 9.15. The van der Waals surface area contributed by atoms with Crippen LogP contribution in [0.25, 0.3) is 0 Å². The van der Waals surface area contributed by atoms with Gasteiger partial charge in [-0.1, -0.05) is 6.92 Å². The maximum absolute atomic E-state index is 9.60. The van der Waals surface area contributed by atoms with Gasteiger partial charge in [0.2, 0.25) is 0 Å². The van der Waals surface area contributed by atoms with E-state index in [2.05, 4.69) is 0 Å². The van der Waals surface area contributed by atoms with Crippen LogP contribution in [-0.4, -0.2) is 33.4 Å². The van der Waals surface area contributed by atoms with Gasteiger partial charge in [-0.2, -0.15) is 0 Å². The molecule has 0 aromatic heterocycles. The molecule has 3 N–H and O–H groups in total. The molecule has 0 spiro atoms. The van der Waals surface area contributed by atoms with Crippen LogP contribution in [0.4, 0.5) is 0 Å². The van der Waals surface area contributed by atoms with E-state index in [0.29, 0.717) is 6.42 Å². The summed E-state index contributed by atoms with van der Waals surface area (Å²) >= 11 is 0. The molecular formula is C9H20O5. The van der Waals surface area contributed by atoms with E-state index in [1.54, 1.807) is 13.8 Å². The van der Waals surface area contributed by atoms with Crippen molar-refractivity contribution in [1.82, 2.24) is 0 Å². The van der Waals surface area contributed by atoms with E-state index < -0.39 is 11.9 Å². The van der Waals surface area contributed by atoms with Gasteiger partial charge < -0.3 is 15.3 Å². The van der Waals surface area contributed by atoms with Gasteiger partial charge >= 0.3 is 5.97 Å². The summed E-state index contributed by atoms with van der Waals surface area (Å²) in [6.45, 7) is 6.37. The van der Waals surface area contributed by atoms with E-state index >= 15 is 0 Å². The summed E-state index contributed by atoms with van der Waals surface area (Å²) in [6, 6.07) is 0. The summed E-state index contributed by atoms with van der Waals surface area (Å²) in [4.78, 5) is 18.6. The van der Waals surface area contributed by atoms with Crippen LogP contribution in [0.15, 0.2) is 0 Å². The molecule has 0 radical (unpaired) electrons. The fourth-order valence-electron chi connectivity index (χ4n) is 0.214. The summed E-state index contributed by atoms with van der Waals surface area (Å²) in [6.07, 6.45) is 0.856. The van der Waals surface area contributed by atoms with Crippen LogP contribution in [-0.2, 0) is 9.59 Å². The zero-order chi connectivity index (χ0) is 12.1. The molecule has 0 atom stereocenters. The fourth-order valence-corrected chi connectivity index (χ4v) is 0.214. The smallest absolute Gasteiger partial charge is 0.303 e. The lowest BCUT2D eigenvalue weighted by atomic mass is 10.4. The minimum Gasteiger partial charge on any atom is -0.481 e. The summed E-state index contributed by atoms with van der Waals surface area (Å²) in [5.41, 5.74) is 0. The molecule has 86 valence electrons. The minimum absolute atomic E-state index is 0.167. The number of carbonyl (C=O) groups is 2. The largest absolute Gasteiger partial charge is 0.481 e. The maximum atomic E-state index is 9.60. The van der Waals surface area contributed by atoms with Gasteiger partial charge in [-0.3, -0.25) is 9.59 Å². The maximum Gasteiger partial charge on any atom is 0.303 e. The average molecular weight is 208 g/mol. The van der Waals surface area contributed by atoms with Crippen LogP contribution in [0.3, 0.4) is 0 Å². The van der Waals surface area contributed by atoms with Crippen molar-refractivity contribution in [1.29, 1.82) is 0 Å². The molecule has 0 rings (SSSR count). The number of rotatable bonds is 2. The quantitative estimate of drug-likeness (QED) is 0.636. The molecule has 0 aromatic rings. The van der Waals surface area contributed by atoms with Crippen LogP contribution in [0.5, 0.6) is 0 Å². The van der Waals surface area contributed by atoms with Gasteiger partial charge in [0.25, 0.3) is 5.97 Å². The molecule has 5 nitrogen and oxygen atoms in total. The topological polar surface area (TPSA) is 94.8 Å². The standard InChI is InChI=1S/C4H8O2.C3H8O.C2H4O2/c1-2-3-4(5)6;1-3(2)4;1-2(3)4/h2-3H2,1H3,(H,5,6);3-4H,1-2H3;1H3,(H,3,4). The van der Waals surface area contributed by atoms with E-state index in [1.165, 1.54) is 0 Å². The Morgan fingerprint density at radius 1 is 1.21 bits per heavy atom. The van der Waals surface area contributed by atoms with Crippen molar-refractivity contribution in [2.45, 2.75) is 46.6 Å². The molecule has 0 saturated carbocycles. The highest BCUT2D eigenvalue weighted by Gasteiger charge is 1.87. The number of aliphatic carboxylic acids is 2. The molecule has 5 heteroatoms. The van der Waals surface area contributed by atoms with Crippen LogP contribution < -0.4 is 0 Å². The zero-order valence-electron chi connectivity index (χ0n) is 9.15. The van der Waals surface area contributed by atoms with Gasteiger partial charge in [0.05, 0.1) is 0 Å². The highest BCUT2D eigenvalue weighted by Crippen LogP contribution is 1.82. The summed E-state index contributed by atoms with van der Waals surface area (Å²) in [7, 11) is 0. The van der Waals surface area contributed by atoms with Gasteiger partial charge in [0, 0.05) is 19.4 Å². The van der Waals surface area contributed by atoms with E-state index in [9.17, 15) is 4.79 Å². The van der Waals surface area contributed by atoms with Gasteiger partial charge in [-0.25, -0.2) is 0 Å². The highest BCUT2D eigenvalue weighted by atomic mass is 16.4. The lowest BCUT2D eigenvalue weighted by molar-refractivity contribution is -0.137. The molecule has 0 heterocycles. The third kappa shape index (κ3) is 296. The van der Waals surface area contributed by atoms with Crippen LogP contribution >= 0.6 is 0 Å². The molecule has 0 bridgehead atoms. The SMILES string of the molecule is CC(=O)O.CC(C)O.CCCC(=O)O.